The molecule has 9 N–H and O–H groups in total. The molecule has 12 nitrogen and oxygen atoms in total. The maximum absolute atomic E-state index is 13.1. The molecule has 0 heterocycles. The predicted molar refractivity (Wildman–Crippen MR) is 125 cm³/mol. The van der Waals surface area contributed by atoms with Crippen molar-refractivity contribution in [1.82, 2.24) is 16.0 Å². The zero-order valence-corrected chi connectivity index (χ0v) is 20.5. The first-order chi connectivity index (χ1) is 15.8. The number of rotatable bonds is 17. The van der Waals surface area contributed by atoms with Crippen LogP contribution in [0.5, 0.6) is 0 Å². The van der Waals surface area contributed by atoms with Crippen LogP contribution in [-0.4, -0.2) is 70.6 Å². The highest BCUT2D eigenvalue weighted by Gasteiger charge is 2.32. The Bertz CT molecular complexity index is 701. The van der Waals surface area contributed by atoms with E-state index in [2.05, 4.69) is 16.0 Å². The molecule has 0 saturated heterocycles. The van der Waals surface area contributed by atoms with Crippen LogP contribution in [0.25, 0.3) is 0 Å². The highest BCUT2D eigenvalue weighted by atomic mass is 16.4. The smallest absolute Gasteiger partial charge is 0.326 e. The number of amides is 3. The number of carboxylic acid groups (broad SMARTS) is 2. The summed E-state index contributed by atoms with van der Waals surface area (Å²) in [7, 11) is 0. The number of carbonyl (C=O) groups excluding carboxylic acids is 3. The van der Waals surface area contributed by atoms with Crippen molar-refractivity contribution >= 4 is 29.7 Å². The molecule has 0 spiro atoms. The Labute approximate surface area is 200 Å². The summed E-state index contributed by atoms with van der Waals surface area (Å²) in [6.07, 6.45) is 1.36. The average molecular weight is 488 g/mol. The Hall–Kier alpha value is -2.73. The number of hydrogen-bond acceptors (Lipinski definition) is 7. The highest BCUT2D eigenvalue weighted by Crippen LogP contribution is 2.11. The van der Waals surface area contributed by atoms with Gasteiger partial charge in [-0.25, -0.2) is 4.79 Å². The van der Waals surface area contributed by atoms with Crippen molar-refractivity contribution in [3.05, 3.63) is 0 Å². The normalized spacial score (nSPS) is 15.5. The molecule has 196 valence electrons. The molecular weight excluding hydrogens is 446 g/mol. The van der Waals surface area contributed by atoms with Gasteiger partial charge in [0, 0.05) is 0 Å². The van der Waals surface area contributed by atoms with Crippen LogP contribution in [0, 0.1) is 11.8 Å². The molecule has 0 aliphatic heterocycles. The lowest BCUT2D eigenvalue weighted by Gasteiger charge is -2.28. The second-order valence-corrected chi connectivity index (χ2v) is 8.95. The summed E-state index contributed by atoms with van der Waals surface area (Å²) < 4.78 is 0. The average Bonchev–Trinajstić information content (AvgIpc) is 2.74. The summed E-state index contributed by atoms with van der Waals surface area (Å²) in [5.74, 6) is -4.92. The van der Waals surface area contributed by atoms with Gasteiger partial charge in [0.15, 0.2) is 0 Å². The van der Waals surface area contributed by atoms with E-state index in [4.69, 9.17) is 16.6 Å². The van der Waals surface area contributed by atoms with Crippen LogP contribution in [0.4, 0.5) is 0 Å². The molecule has 0 radical (unpaired) electrons. The molecule has 34 heavy (non-hydrogen) atoms. The summed E-state index contributed by atoms with van der Waals surface area (Å²) >= 11 is 0. The van der Waals surface area contributed by atoms with E-state index in [-0.39, 0.29) is 18.3 Å². The van der Waals surface area contributed by atoms with Crippen molar-refractivity contribution in [2.24, 2.45) is 23.3 Å². The second-order valence-electron chi connectivity index (χ2n) is 8.95. The van der Waals surface area contributed by atoms with E-state index in [0.717, 1.165) is 0 Å². The van der Waals surface area contributed by atoms with Crippen LogP contribution < -0.4 is 27.4 Å². The first-order valence-electron chi connectivity index (χ1n) is 11.6. The minimum atomic E-state index is -1.65. The van der Waals surface area contributed by atoms with Crippen LogP contribution in [-0.2, 0) is 24.0 Å². The van der Waals surface area contributed by atoms with E-state index < -0.39 is 60.2 Å². The van der Waals surface area contributed by atoms with E-state index in [1.165, 1.54) is 0 Å². The van der Waals surface area contributed by atoms with Crippen molar-refractivity contribution in [3.8, 4) is 0 Å². The van der Waals surface area contributed by atoms with E-state index in [1.54, 1.807) is 6.92 Å². The third kappa shape index (κ3) is 11.9. The Balaban J connectivity index is 5.57. The van der Waals surface area contributed by atoms with E-state index in [0.29, 0.717) is 32.2 Å². The van der Waals surface area contributed by atoms with Crippen LogP contribution in [0.2, 0.25) is 0 Å². The Morgan fingerprint density at radius 3 is 1.91 bits per heavy atom. The van der Waals surface area contributed by atoms with E-state index in [9.17, 15) is 29.1 Å². The van der Waals surface area contributed by atoms with Gasteiger partial charge in [-0.2, -0.15) is 0 Å². The fraction of sp³-hybridized carbons (Fsp3) is 0.773. The molecule has 3 amide bonds. The molecule has 5 atom stereocenters. The lowest BCUT2D eigenvalue weighted by molar-refractivity contribution is -0.147. The van der Waals surface area contributed by atoms with E-state index in [1.807, 2.05) is 20.8 Å². The summed E-state index contributed by atoms with van der Waals surface area (Å²) in [4.78, 5) is 60.6. The van der Waals surface area contributed by atoms with Gasteiger partial charge in [0.2, 0.25) is 17.7 Å². The predicted octanol–water partition coefficient (Wildman–Crippen LogP) is -0.451. The number of nitrogens with one attached hydrogen (secondary N) is 3. The summed E-state index contributed by atoms with van der Waals surface area (Å²) in [6.45, 7) is 7.82. The maximum Gasteiger partial charge on any atom is 0.326 e. The van der Waals surface area contributed by atoms with Crippen LogP contribution in [0.1, 0.15) is 66.2 Å². The van der Waals surface area contributed by atoms with Crippen LogP contribution in [0.15, 0.2) is 0 Å². The van der Waals surface area contributed by atoms with Crippen molar-refractivity contribution in [3.63, 3.8) is 0 Å². The quantitative estimate of drug-likeness (QED) is 0.132. The van der Waals surface area contributed by atoms with Crippen molar-refractivity contribution in [2.75, 3.05) is 6.54 Å². The number of carbonyl (C=O) groups is 5. The van der Waals surface area contributed by atoms with Crippen molar-refractivity contribution < 1.29 is 34.2 Å². The fourth-order valence-electron chi connectivity index (χ4n) is 3.25. The minimum Gasteiger partial charge on any atom is -0.481 e. The van der Waals surface area contributed by atoms with Gasteiger partial charge in [-0.15, -0.1) is 0 Å². The van der Waals surface area contributed by atoms with Gasteiger partial charge < -0.3 is 37.6 Å². The first kappa shape index (κ1) is 31.3. The molecule has 0 aromatic carbocycles. The molecule has 0 fully saturated rings. The molecule has 0 aromatic rings. The van der Waals surface area contributed by atoms with E-state index >= 15 is 0 Å². The summed E-state index contributed by atoms with van der Waals surface area (Å²) in [6, 6.07) is -4.55. The van der Waals surface area contributed by atoms with Gasteiger partial charge in [-0.3, -0.25) is 19.2 Å². The molecule has 0 aliphatic rings. The van der Waals surface area contributed by atoms with Gasteiger partial charge in [-0.05, 0) is 44.1 Å². The SMILES string of the molecule is CCC(C)C(NC(=O)C(N)CC(C)C)C(=O)NC(CCCCN)C(=O)NC(CC(=O)O)C(=O)O. The van der Waals surface area contributed by atoms with Gasteiger partial charge in [0.1, 0.15) is 18.1 Å². The largest absolute Gasteiger partial charge is 0.481 e. The van der Waals surface area contributed by atoms with Crippen LogP contribution in [0.3, 0.4) is 0 Å². The lowest BCUT2D eigenvalue weighted by atomic mass is 9.96. The number of aliphatic carboxylic acids is 2. The Kier molecular flexibility index (Phi) is 14.7. The van der Waals surface area contributed by atoms with Gasteiger partial charge in [0.05, 0.1) is 12.5 Å². The molecule has 0 saturated carbocycles. The van der Waals surface area contributed by atoms with Crippen molar-refractivity contribution in [1.29, 1.82) is 0 Å². The Morgan fingerprint density at radius 1 is 0.853 bits per heavy atom. The van der Waals surface area contributed by atoms with Crippen molar-refractivity contribution in [2.45, 2.75) is 90.4 Å². The molecule has 0 bridgehead atoms. The third-order valence-corrected chi connectivity index (χ3v) is 5.43. The molecule has 0 rings (SSSR count). The topological polar surface area (TPSA) is 214 Å². The monoisotopic (exact) mass is 487 g/mol. The van der Waals surface area contributed by atoms with Gasteiger partial charge in [-0.1, -0.05) is 34.1 Å². The standard InChI is InChI=1S/C22H41N5O7/c1-5-13(4)18(27-19(30)14(24)10-12(2)3)21(32)25-15(8-6-7-9-23)20(31)26-16(22(33)34)11-17(28)29/h12-16,18H,5-11,23-24H2,1-4H3,(H,25,32)(H,26,31)(H,27,30)(H,28,29)(H,33,34). The number of hydrogen-bond donors (Lipinski definition) is 7. The first-order valence-corrected chi connectivity index (χ1v) is 11.6. The minimum absolute atomic E-state index is 0.155. The fourth-order valence-corrected chi connectivity index (χ4v) is 3.25. The molecule has 0 aliphatic carbocycles. The number of nitrogens with two attached hydrogens (primary N) is 2. The molecule has 5 unspecified atom stereocenters. The highest BCUT2D eigenvalue weighted by molar-refractivity contribution is 5.94. The number of carboxylic acids is 2. The summed E-state index contributed by atoms with van der Waals surface area (Å²) in [5.41, 5.74) is 11.4. The Morgan fingerprint density at radius 2 is 1.44 bits per heavy atom. The zero-order chi connectivity index (χ0) is 26.4. The number of unbranched alkanes of at least 4 members (excludes halogenated alkanes) is 1. The molecule has 0 aromatic heterocycles. The maximum atomic E-state index is 13.1. The second kappa shape index (κ2) is 16.0. The molecular formula is C22H41N5O7. The van der Waals surface area contributed by atoms with Crippen LogP contribution >= 0.6 is 0 Å². The summed E-state index contributed by atoms with van der Waals surface area (Å²) in [5, 5.41) is 25.5. The van der Waals surface area contributed by atoms with Gasteiger partial charge in [0.25, 0.3) is 0 Å². The lowest BCUT2D eigenvalue weighted by Crippen LogP contribution is -2.58. The zero-order valence-electron chi connectivity index (χ0n) is 20.5. The van der Waals surface area contributed by atoms with Gasteiger partial charge >= 0.3 is 11.9 Å². The molecule has 12 heteroatoms. The third-order valence-electron chi connectivity index (χ3n) is 5.43.